The summed E-state index contributed by atoms with van der Waals surface area (Å²) in [5.41, 5.74) is 2.45. The summed E-state index contributed by atoms with van der Waals surface area (Å²) in [6, 6.07) is 6.27. The lowest BCUT2D eigenvalue weighted by atomic mass is 10.2. The van der Waals surface area contributed by atoms with Crippen LogP contribution in [0, 0.1) is 6.92 Å². The zero-order valence-electron chi connectivity index (χ0n) is 20.4. The summed E-state index contributed by atoms with van der Waals surface area (Å²) in [6.45, 7) is 6.88. The molecule has 5 rings (SSSR count). The number of aryl methyl sites for hydroxylation is 2. The first-order valence-corrected chi connectivity index (χ1v) is 11.8. The van der Waals surface area contributed by atoms with E-state index < -0.39 is 0 Å². The molecule has 12 nitrogen and oxygen atoms in total. The highest BCUT2D eigenvalue weighted by Crippen LogP contribution is 2.28. The van der Waals surface area contributed by atoms with Crippen LogP contribution in [0.15, 0.2) is 43.1 Å². The van der Waals surface area contributed by atoms with Gasteiger partial charge in [0.2, 0.25) is 6.41 Å². The van der Waals surface area contributed by atoms with E-state index in [0.29, 0.717) is 13.0 Å². The van der Waals surface area contributed by atoms with Gasteiger partial charge in [-0.25, -0.2) is 29.9 Å². The Morgan fingerprint density at radius 2 is 2.00 bits per heavy atom. The minimum Gasteiger partial charge on any atom is -0.395 e. The summed E-state index contributed by atoms with van der Waals surface area (Å²) in [4.78, 5) is 38.6. The van der Waals surface area contributed by atoms with Gasteiger partial charge in [-0.2, -0.15) is 0 Å². The van der Waals surface area contributed by atoms with Gasteiger partial charge >= 0.3 is 0 Å². The average molecular weight is 491 g/mol. The fourth-order valence-corrected chi connectivity index (χ4v) is 4.01. The summed E-state index contributed by atoms with van der Waals surface area (Å²) < 4.78 is 2.07. The van der Waals surface area contributed by atoms with Gasteiger partial charge in [0.25, 0.3) is 0 Å². The van der Waals surface area contributed by atoms with Crippen molar-refractivity contribution in [1.82, 2.24) is 39.8 Å². The lowest BCUT2D eigenvalue weighted by Crippen LogP contribution is -2.27. The van der Waals surface area contributed by atoms with E-state index in [-0.39, 0.29) is 12.6 Å². The predicted molar refractivity (Wildman–Crippen MR) is 136 cm³/mol. The summed E-state index contributed by atoms with van der Waals surface area (Å²) in [6.07, 6.45) is 8.60. The van der Waals surface area contributed by atoms with Gasteiger partial charge in [0.1, 0.15) is 23.8 Å². The van der Waals surface area contributed by atoms with E-state index in [4.69, 9.17) is 10.1 Å². The van der Waals surface area contributed by atoms with Gasteiger partial charge in [-0.15, -0.1) is 0 Å². The van der Waals surface area contributed by atoms with Crippen LogP contribution in [-0.4, -0.2) is 78.3 Å². The molecule has 1 atom stereocenters. The molecule has 1 unspecified atom stereocenters. The monoisotopic (exact) mass is 490 g/mol. The third-order valence-electron chi connectivity index (χ3n) is 5.73. The van der Waals surface area contributed by atoms with Crippen molar-refractivity contribution in [2.75, 3.05) is 36.5 Å². The molecule has 188 valence electrons. The van der Waals surface area contributed by atoms with Crippen molar-refractivity contribution in [1.29, 1.82) is 0 Å². The molecule has 4 aromatic heterocycles. The van der Waals surface area contributed by atoms with Crippen LogP contribution in [0.3, 0.4) is 0 Å². The quantitative estimate of drug-likeness (QED) is 0.245. The van der Waals surface area contributed by atoms with Crippen molar-refractivity contribution in [3.05, 3.63) is 48.9 Å². The maximum absolute atomic E-state index is 9.34. The van der Waals surface area contributed by atoms with Crippen molar-refractivity contribution >= 4 is 29.2 Å². The Bertz CT molecular complexity index is 1260. The van der Waals surface area contributed by atoms with Gasteiger partial charge in [-0.05, 0) is 32.4 Å². The minimum atomic E-state index is 0.0126. The highest BCUT2D eigenvalue weighted by Gasteiger charge is 2.25. The van der Waals surface area contributed by atoms with Crippen LogP contribution in [0.25, 0.3) is 22.6 Å². The first-order valence-electron chi connectivity index (χ1n) is 11.8. The minimum absolute atomic E-state index is 0.0126. The third kappa shape index (κ3) is 5.71. The largest absolute Gasteiger partial charge is 0.395 e. The predicted octanol–water partition coefficient (Wildman–Crippen LogP) is 1.42. The van der Waals surface area contributed by atoms with Gasteiger partial charge in [0, 0.05) is 50.8 Å². The van der Waals surface area contributed by atoms with Crippen LogP contribution in [0.5, 0.6) is 0 Å². The molecule has 0 saturated carbocycles. The number of nitrogens with zero attached hydrogens (tertiary/aromatic N) is 8. The van der Waals surface area contributed by atoms with Crippen LogP contribution < -0.4 is 15.5 Å². The number of hydrogen-bond donors (Lipinski definition) is 3. The summed E-state index contributed by atoms with van der Waals surface area (Å²) in [5, 5.41) is 13.8. The zero-order chi connectivity index (χ0) is 25.3. The Hall–Kier alpha value is -4.19. The van der Waals surface area contributed by atoms with Crippen LogP contribution in [0.2, 0.25) is 0 Å². The fourth-order valence-electron chi connectivity index (χ4n) is 4.01. The topological polar surface area (TPSA) is 147 Å². The first-order chi connectivity index (χ1) is 17.6. The summed E-state index contributed by atoms with van der Waals surface area (Å²) in [7, 11) is 0. The number of fused-ring (bicyclic) bond motifs is 1. The number of hydrogen-bond acceptors (Lipinski definition) is 10. The molecule has 0 radical (unpaired) electrons. The second-order valence-electron chi connectivity index (χ2n) is 8.15. The fraction of sp³-hybridized carbons (Fsp3) is 0.375. The highest BCUT2D eigenvalue weighted by atomic mass is 16.3. The molecule has 1 fully saturated rings. The molecule has 12 heteroatoms. The lowest BCUT2D eigenvalue weighted by molar-refractivity contribution is -0.109. The molecular formula is C24H30N10O2. The number of anilines is 2. The Morgan fingerprint density at radius 1 is 1.17 bits per heavy atom. The standard InChI is InChI=1S/C21H23N9.C3H7NO2/c1-3-30-20(15-10-23-14(2)24-11-15)28-18-19(25-13-26-21(18)30)27-16-7-9-29(12-16)17-6-4-5-8-22-17;5-2-1-4-3-6/h4-6,8,10-11,13,16H,3,7,9,12H2,1-2H3,(H,25,26,27);3,5H,1-2H2,(H,4,6). The van der Waals surface area contributed by atoms with Crippen molar-refractivity contribution in [2.24, 2.45) is 0 Å². The van der Waals surface area contributed by atoms with E-state index >= 15 is 0 Å². The molecule has 1 saturated heterocycles. The normalized spacial score (nSPS) is 14.9. The molecule has 0 bridgehead atoms. The van der Waals surface area contributed by atoms with E-state index in [9.17, 15) is 4.79 Å². The van der Waals surface area contributed by atoms with Crippen molar-refractivity contribution < 1.29 is 9.90 Å². The van der Waals surface area contributed by atoms with Gasteiger partial charge in [-0.3, -0.25) is 4.79 Å². The maximum atomic E-state index is 9.34. The molecule has 4 aromatic rings. The number of carbonyl (C=O) groups is 1. The number of carbonyl (C=O) groups excluding carboxylic acids is 1. The molecule has 0 aromatic carbocycles. The SMILES string of the molecule is CCn1c(-c2cnc(C)nc2)nc2c(NC3CCN(c4ccccn4)C3)ncnc21.O=CNCCO. The molecular weight excluding hydrogens is 460 g/mol. The van der Waals surface area contributed by atoms with Gasteiger partial charge in [0.05, 0.1) is 12.2 Å². The number of aliphatic hydroxyl groups excluding tert-OH is 1. The van der Waals surface area contributed by atoms with E-state index in [1.165, 1.54) is 0 Å². The number of nitrogens with one attached hydrogen (secondary N) is 2. The molecule has 36 heavy (non-hydrogen) atoms. The maximum Gasteiger partial charge on any atom is 0.207 e. The van der Waals surface area contributed by atoms with Crippen molar-refractivity contribution in [3.8, 4) is 11.4 Å². The van der Waals surface area contributed by atoms with E-state index in [0.717, 1.165) is 66.1 Å². The van der Waals surface area contributed by atoms with E-state index in [1.807, 2.05) is 31.3 Å². The van der Waals surface area contributed by atoms with Gasteiger partial charge in [0.15, 0.2) is 17.0 Å². The number of pyridine rings is 1. The Labute approximate surface area is 208 Å². The summed E-state index contributed by atoms with van der Waals surface area (Å²) >= 11 is 0. The molecule has 0 spiro atoms. The van der Waals surface area contributed by atoms with E-state index in [1.54, 1.807) is 18.7 Å². The Kier molecular flexibility index (Phi) is 8.29. The molecule has 1 aliphatic heterocycles. The Balaban J connectivity index is 0.000000455. The zero-order valence-corrected chi connectivity index (χ0v) is 20.4. The lowest BCUT2D eigenvalue weighted by Gasteiger charge is -2.18. The van der Waals surface area contributed by atoms with Crippen LogP contribution in [-0.2, 0) is 11.3 Å². The van der Waals surface area contributed by atoms with Crippen molar-refractivity contribution in [2.45, 2.75) is 32.9 Å². The second-order valence-corrected chi connectivity index (χ2v) is 8.15. The van der Waals surface area contributed by atoms with Gasteiger partial charge < -0.3 is 25.2 Å². The molecule has 5 heterocycles. The van der Waals surface area contributed by atoms with Crippen LogP contribution in [0.4, 0.5) is 11.6 Å². The highest BCUT2D eigenvalue weighted by molar-refractivity contribution is 5.86. The number of rotatable bonds is 8. The summed E-state index contributed by atoms with van der Waals surface area (Å²) in [5.74, 6) is 3.30. The van der Waals surface area contributed by atoms with Crippen LogP contribution in [0.1, 0.15) is 19.2 Å². The second kappa shape index (κ2) is 12.0. The number of imidazole rings is 1. The van der Waals surface area contributed by atoms with Gasteiger partial charge in [-0.1, -0.05) is 6.07 Å². The number of aromatic nitrogens is 7. The Morgan fingerprint density at radius 3 is 2.67 bits per heavy atom. The van der Waals surface area contributed by atoms with Crippen LogP contribution >= 0.6 is 0 Å². The molecule has 3 N–H and O–H groups in total. The third-order valence-corrected chi connectivity index (χ3v) is 5.73. The number of aliphatic hydroxyl groups is 1. The molecule has 1 aliphatic rings. The molecule has 1 amide bonds. The first kappa shape index (κ1) is 24.9. The average Bonchev–Trinajstić information content (AvgIpc) is 3.54. The van der Waals surface area contributed by atoms with Crippen molar-refractivity contribution in [3.63, 3.8) is 0 Å². The molecule has 0 aliphatic carbocycles. The smallest absolute Gasteiger partial charge is 0.207 e. The number of amides is 1. The van der Waals surface area contributed by atoms with E-state index in [2.05, 4.69) is 51.9 Å².